The summed E-state index contributed by atoms with van der Waals surface area (Å²) in [7, 11) is 0. The Hall–Kier alpha value is -1.30. The van der Waals surface area contributed by atoms with Crippen molar-refractivity contribution in [2.24, 2.45) is 11.8 Å². The maximum absolute atomic E-state index is 12.1. The van der Waals surface area contributed by atoms with Gasteiger partial charge in [0.15, 0.2) is 0 Å². The highest BCUT2D eigenvalue weighted by Crippen LogP contribution is 2.18. The number of esters is 2. The van der Waals surface area contributed by atoms with Gasteiger partial charge in [0.25, 0.3) is 0 Å². The number of carbonyl (C=O) groups is 2. The summed E-state index contributed by atoms with van der Waals surface area (Å²) < 4.78 is 10.6. The van der Waals surface area contributed by atoms with Crippen LogP contribution in [-0.4, -0.2) is 93.4 Å². The van der Waals surface area contributed by atoms with Crippen molar-refractivity contribution in [2.75, 3.05) is 26.4 Å². The highest BCUT2D eigenvalue weighted by molar-refractivity contribution is 5.71. The molecule has 0 spiro atoms. The molecule has 0 heterocycles. The predicted octanol–water partition coefficient (Wildman–Crippen LogP) is -0.106. The molecule has 0 aliphatic heterocycles. The monoisotopic (exact) mass is 466 g/mol. The number of aliphatic hydroxyl groups is 6. The van der Waals surface area contributed by atoms with Crippen molar-refractivity contribution >= 4 is 11.9 Å². The number of rotatable bonds is 19. The molecule has 10 heteroatoms. The number of aliphatic hydroxyl groups excluding tert-OH is 6. The van der Waals surface area contributed by atoms with Crippen LogP contribution in [0.3, 0.4) is 0 Å². The van der Waals surface area contributed by atoms with Crippen molar-refractivity contribution in [3.63, 3.8) is 0 Å². The van der Waals surface area contributed by atoms with E-state index < -0.39 is 48.2 Å². The quantitative estimate of drug-likeness (QED) is 0.111. The molecule has 0 saturated heterocycles. The van der Waals surface area contributed by atoms with E-state index >= 15 is 0 Å². The average molecular weight is 467 g/mol. The van der Waals surface area contributed by atoms with E-state index in [1.54, 1.807) is 13.8 Å². The van der Waals surface area contributed by atoms with Gasteiger partial charge in [-0.1, -0.05) is 13.8 Å². The second-order valence-corrected chi connectivity index (χ2v) is 8.30. The standard InChI is InChI=1S/C22H42O10/c1-15(13-25)21(29)17(7-5-11-23)31-19(27)9-3-4-10-20(28)32-18(8-6-12-24)22(30)16(2)14-26/h15-18,21-26,29-30H,3-14H2,1-2H3. The third kappa shape index (κ3) is 12.7. The third-order valence-electron chi connectivity index (χ3n) is 5.37. The number of hydrogen-bond donors (Lipinski definition) is 6. The topological polar surface area (TPSA) is 174 Å². The lowest BCUT2D eigenvalue weighted by atomic mass is 9.97. The van der Waals surface area contributed by atoms with Gasteiger partial charge in [-0.3, -0.25) is 9.59 Å². The van der Waals surface area contributed by atoms with E-state index in [2.05, 4.69) is 0 Å². The molecule has 0 aromatic heterocycles. The number of unbranched alkanes of at least 4 members (excludes halogenated alkanes) is 1. The van der Waals surface area contributed by atoms with Gasteiger partial charge in [-0.2, -0.15) is 0 Å². The van der Waals surface area contributed by atoms with Crippen molar-refractivity contribution in [3.05, 3.63) is 0 Å². The fourth-order valence-corrected chi connectivity index (χ4v) is 3.13. The summed E-state index contributed by atoms with van der Waals surface area (Å²) in [5.74, 6) is -2.05. The zero-order chi connectivity index (χ0) is 24.5. The molecule has 32 heavy (non-hydrogen) atoms. The summed E-state index contributed by atoms with van der Waals surface area (Å²) in [6.45, 7) is 2.51. The minimum Gasteiger partial charge on any atom is -0.460 e. The van der Waals surface area contributed by atoms with Crippen LogP contribution in [0.5, 0.6) is 0 Å². The summed E-state index contributed by atoms with van der Waals surface area (Å²) >= 11 is 0. The molecule has 0 amide bonds. The Morgan fingerprint density at radius 2 is 1.00 bits per heavy atom. The van der Waals surface area contributed by atoms with Crippen LogP contribution in [0.1, 0.15) is 65.2 Å². The molecular weight excluding hydrogens is 424 g/mol. The lowest BCUT2D eigenvalue weighted by molar-refractivity contribution is -0.160. The molecule has 6 unspecified atom stereocenters. The largest absolute Gasteiger partial charge is 0.460 e. The Morgan fingerprint density at radius 1 is 0.656 bits per heavy atom. The second kappa shape index (κ2) is 18.2. The molecule has 0 rings (SSSR count). The summed E-state index contributed by atoms with van der Waals surface area (Å²) in [6, 6.07) is 0. The Bertz CT molecular complexity index is 457. The van der Waals surface area contributed by atoms with E-state index in [9.17, 15) is 30.0 Å². The zero-order valence-corrected chi connectivity index (χ0v) is 19.3. The van der Waals surface area contributed by atoms with Gasteiger partial charge in [0.05, 0.1) is 12.2 Å². The van der Waals surface area contributed by atoms with Gasteiger partial charge in [-0.05, 0) is 38.5 Å². The lowest BCUT2D eigenvalue weighted by Crippen LogP contribution is -2.37. The first-order valence-corrected chi connectivity index (χ1v) is 11.4. The predicted molar refractivity (Wildman–Crippen MR) is 115 cm³/mol. The zero-order valence-electron chi connectivity index (χ0n) is 19.3. The van der Waals surface area contributed by atoms with Crippen LogP contribution in [0.2, 0.25) is 0 Å². The van der Waals surface area contributed by atoms with Crippen LogP contribution in [0.15, 0.2) is 0 Å². The van der Waals surface area contributed by atoms with E-state index in [1.807, 2.05) is 0 Å². The van der Waals surface area contributed by atoms with Gasteiger partial charge >= 0.3 is 11.9 Å². The van der Waals surface area contributed by atoms with Crippen LogP contribution < -0.4 is 0 Å². The van der Waals surface area contributed by atoms with Crippen LogP contribution in [-0.2, 0) is 19.1 Å². The van der Waals surface area contributed by atoms with Gasteiger partial charge in [-0.25, -0.2) is 0 Å². The van der Waals surface area contributed by atoms with E-state index in [0.717, 1.165) is 0 Å². The molecule has 0 aromatic rings. The Balaban J connectivity index is 4.48. The molecule has 190 valence electrons. The van der Waals surface area contributed by atoms with Gasteiger partial charge in [0, 0.05) is 51.1 Å². The Morgan fingerprint density at radius 3 is 1.28 bits per heavy atom. The van der Waals surface area contributed by atoms with E-state index in [-0.39, 0.29) is 52.1 Å². The van der Waals surface area contributed by atoms with Crippen LogP contribution in [0.25, 0.3) is 0 Å². The van der Waals surface area contributed by atoms with E-state index in [4.69, 9.17) is 19.7 Å². The highest BCUT2D eigenvalue weighted by atomic mass is 16.6. The number of ether oxygens (including phenoxy) is 2. The molecule has 0 aromatic carbocycles. The SMILES string of the molecule is CC(CO)C(O)C(CCCO)OC(=O)CCCCC(=O)OC(CCCO)C(O)C(C)CO. The molecule has 6 N–H and O–H groups in total. The normalized spacial score (nSPS) is 17.1. The van der Waals surface area contributed by atoms with E-state index in [0.29, 0.717) is 25.7 Å². The van der Waals surface area contributed by atoms with Crippen LogP contribution in [0.4, 0.5) is 0 Å². The summed E-state index contributed by atoms with van der Waals surface area (Å²) in [5.41, 5.74) is 0. The minimum absolute atomic E-state index is 0.0290. The highest BCUT2D eigenvalue weighted by Gasteiger charge is 2.28. The third-order valence-corrected chi connectivity index (χ3v) is 5.37. The summed E-state index contributed by atoms with van der Waals surface area (Å²) in [5, 5.41) is 56.8. The summed E-state index contributed by atoms with van der Waals surface area (Å²) in [4.78, 5) is 24.2. The van der Waals surface area contributed by atoms with Gasteiger partial charge in [-0.15, -0.1) is 0 Å². The molecule has 6 atom stereocenters. The smallest absolute Gasteiger partial charge is 0.306 e. The van der Waals surface area contributed by atoms with Crippen molar-refractivity contribution < 1.29 is 49.7 Å². The van der Waals surface area contributed by atoms with Crippen molar-refractivity contribution in [1.29, 1.82) is 0 Å². The lowest BCUT2D eigenvalue weighted by Gasteiger charge is -2.27. The fraction of sp³-hybridized carbons (Fsp3) is 0.909. The van der Waals surface area contributed by atoms with Gasteiger partial charge < -0.3 is 40.1 Å². The molecule has 0 aliphatic carbocycles. The van der Waals surface area contributed by atoms with Crippen molar-refractivity contribution in [1.82, 2.24) is 0 Å². The molecule has 0 saturated carbocycles. The van der Waals surface area contributed by atoms with Crippen LogP contribution in [0, 0.1) is 11.8 Å². The molecular formula is C22H42O10. The molecule has 0 bridgehead atoms. The molecule has 0 radical (unpaired) electrons. The first kappa shape index (κ1) is 30.7. The second-order valence-electron chi connectivity index (χ2n) is 8.30. The first-order valence-electron chi connectivity index (χ1n) is 11.4. The molecule has 0 fully saturated rings. The first-order chi connectivity index (χ1) is 15.2. The summed E-state index contributed by atoms with van der Waals surface area (Å²) in [6.07, 6.45) is -1.77. The van der Waals surface area contributed by atoms with Crippen molar-refractivity contribution in [2.45, 2.75) is 89.6 Å². The number of hydrogen-bond acceptors (Lipinski definition) is 10. The minimum atomic E-state index is -1.05. The Labute approximate surface area is 190 Å². The Kier molecular flexibility index (Phi) is 17.4. The van der Waals surface area contributed by atoms with Gasteiger partial charge in [0.2, 0.25) is 0 Å². The maximum atomic E-state index is 12.1. The molecule has 10 nitrogen and oxygen atoms in total. The molecule has 0 aliphatic rings. The fourth-order valence-electron chi connectivity index (χ4n) is 3.13. The van der Waals surface area contributed by atoms with Crippen molar-refractivity contribution in [3.8, 4) is 0 Å². The van der Waals surface area contributed by atoms with Gasteiger partial charge in [0.1, 0.15) is 12.2 Å². The average Bonchev–Trinajstić information content (AvgIpc) is 2.79. The van der Waals surface area contributed by atoms with Crippen LogP contribution >= 0.6 is 0 Å². The maximum Gasteiger partial charge on any atom is 0.306 e. The number of carbonyl (C=O) groups excluding carboxylic acids is 2. The van der Waals surface area contributed by atoms with E-state index in [1.165, 1.54) is 0 Å².